The molecule has 1 heterocycles. The van der Waals surface area contributed by atoms with Crippen molar-refractivity contribution in [1.82, 2.24) is 9.78 Å². The number of nitro groups is 1. The van der Waals surface area contributed by atoms with E-state index in [1.54, 1.807) is 47.4 Å². The van der Waals surface area contributed by atoms with E-state index < -0.39 is 4.92 Å². The second kappa shape index (κ2) is 7.70. The van der Waals surface area contributed by atoms with Gasteiger partial charge in [0, 0.05) is 29.6 Å². The van der Waals surface area contributed by atoms with Gasteiger partial charge in [-0.1, -0.05) is 24.3 Å². The van der Waals surface area contributed by atoms with E-state index in [0.29, 0.717) is 23.5 Å². The molecule has 0 atom stereocenters. The number of aromatic nitrogens is 2. The molecule has 0 unspecified atom stereocenters. The normalized spacial score (nSPS) is 10.3. The van der Waals surface area contributed by atoms with Crippen molar-refractivity contribution in [1.29, 1.82) is 0 Å². The van der Waals surface area contributed by atoms with E-state index in [0.717, 1.165) is 0 Å². The predicted molar refractivity (Wildman–Crippen MR) is 101 cm³/mol. The van der Waals surface area contributed by atoms with Crippen LogP contribution in [0.1, 0.15) is 5.56 Å². The molecular weight excluding hydrogens is 357 g/mol. The fourth-order valence-corrected chi connectivity index (χ4v) is 2.54. The number of nitrogens with one attached hydrogen (secondary N) is 2. The van der Waals surface area contributed by atoms with Gasteiger partial charge in [-0.2, -0.15) is 5.10 Å². The van der Waals surface area contributed by atoms with Gasteiger partial charge in [0.25, 0.3) is 5.69 Å². The number of anilines is 2. The Kier molecular flexibility index (Phi) is 5.18. The van der Waals surface area contributed by atoms with Crippen LogP contribution >= 0.6 is 12.2 Å². The van der Waals surface area contributed by atoms with Crippen molar-refractivity contribution in [2.24, 2.45) is 0 Å². The van der Waals surface area contributed by atoms with Gasteiger partial charge in [0.15, 0.2) is 5.11 Å². The topological polar surface area (TPSA) is 85.0 Å². The predicted octanol–water partition coefficient (Wildman–Crippen LogP) is 3.79. The number of hydrogen-bond donors (Lipinski definition) is 2. The number of benzene rings is 2. The molecule has 1 aromatic heterocycles. The summed E-state index contributed by atoms with van der Waals surface area (Å²) in [6.07, 6.45) is 3.25. The Hall–Kier alpha value is -3.33. The molecule has 0 saturated carbocycles. The molecule has 3 rings (SSSR count). The van der Waals surface area contributed by atoms with Gasteiger partial charge in [-0.15, -0.1) is 0 Å². The van der Waals surface area contributed by atoms with Crippen LogP contribution in [0.25, 0.3) is 0 Å². The summed E-state index contributed by atoms with van der Waals surface area (Å²) in [6.45, 7) is 0.291. The third-order valence-corrected chi connectivity index (χ3v) is 3.70. The monoisotopic (exact) mass is 371 g/mol. The van der Waals surface area contributed by atoms with Crippen molar-refractivity contribution in [2.75, 3.05) is 10.6 Å². The SMILES string of the molecule is O=[N+]([O-])c1cccc(NC(=S)Nc2cnn(Cc3ccccc3F)c2)c1. The van der Waals surface area contributed by atoms with E-state index in [-0.39, 0.29) is 16.6 Å². The Morgan fingerprint density at radius 3 is 2.73 bits per heavy atom. The van der Waals surface area contributed by atoms with Crippen LogP contribution in [0.2, 0.25) is 0 Å². The number of non-ortho nitro benzene ring substituents is 1. The third kappa shape index (κ3) is 4.39. The quantitative estimate of drug-likeness (QED) is 0.403. The van der Waals surface area contributed by atoms with Gasteiger partial charge >= 0.3 is 0 Å². The summed E-state index contributed by atoms with van der Waals surface area (Å²) in [7, 11) is 0. The van der Waals surface area contributed by atoms with Crippen molar-refractivity contribution in [2.45, 2.75) is 6.54 Å². The van der Waals surface area contributed by atoms with Gasteiger partial charge in [-0.25, -0.2) is 4.39 Å². The van der Waals surface area contributed by atoms with E-state index in [4.69, 9.17) is 12.2 Å². The molecule has 0 amide bonds. The minimum Gasteiger partial charge on any atom is -0.332 e. The molecule has 26 heavy (non-hydrogen) atoms. The Balaban J connectivity index is 1.62. The smallest absolute Gasteiger partial charge is 0.271 e. The second-order valence-electron chi connectivity index (χ2n) is 5.40. The zero-order valence-corrected chi connectivity index (χ0v) is 14.2. The van der Waals surface area contributed by atoms with Crippen molar-refractivity contribution >= 4 is 34.4 Å². The summed E-state index contributed by atoms with van der Waals surface area (Å²) in [6, 6.07) is 12.5. The van der Waals surface area contributed by atoms with Gasteiger partial charge in [0.2, 0.25) is 0 Å². The lowest BCUT2D eigenvalue weighted by molar-refractivity contribution is -0.384. The van der Waals surface area contributed by atoms with E-state index in [2.05, 4.69) is 15.7 Å². The number of halogens is 1. The van der Waals surface area contributed by atoms with Crippen molar-refractivity contribution in [3.8, 4) is 0 Å². The highest BCUT2D eigenvalue weighted by Crippen LogP contribution is 2.17. The lowest BCUT2D eigenvalue weighted by Gasteiger charge is -2.08. The van der Waals surface area contributed by atoms with Gasteiger partial charge in [-0.3, -0.25) is 14.8 Å². The fourth-order valence-electron chi connectivity index (χ4n) is 2.31. The van der Waals surface area contributed by atoms with E-state index in [1.807, 2.05) is 0 Å². The first kappa shape index (κ1) is 17.5. The molecule has 0 aliphatic rings. The van der Waals surface area contributed by atoms with E-state index in [1.165, 1.54) is 18.2 Å². The Morgan fingerprint density at radius 2 is 1.96 bits per heavy atom. The molecule has 0 bridgehead atoms. The van der Waals surface area contributed by atoms with Crippen molar-refractivity contribution in [3.63, 3.8) is 0 Å². The molecule has 0 aliphatic carbocycles. The molecule has 0 aliphatic heterocycles. The molecule has 0 fully saturated rings. The third-order valence-electron chi connectivity index (χ3n) is 3.50. The fraction of sp³-hybridized carbons (Fsp3) is 0.0588. The minimum absolute atomic E-state index is 0.0319. The second-order valence-corrected chi connectivity index (χ2v) is 5.81. The zero-order valence-electron chi connectivity index (χ0n) is 13.4. The number of hydrogen-bond acceptors (Lipinski definition) is 4. The molecule has 0 spiro atoms. The average molecular weight is 371 g/mol. The van der Waals surface area contributed by atoms with Crippen LogP contribution in [0.5, 0.6) is 0 Å². The lowest BCUT2D eigenvalue weighted by atomic mass is 10.2. The summed E-state index contributed by atoms with van der Waals surface area (Å²) in [5.74, 6) is -0.291. The average Bonchev–Trinajstić information content (AvgIpc) is 3.04. The van der Waals surface area contributed by atoms with Gasteiger partial charge < -0.3 is 10.6 Å². The molecule has 9 heteroatoms. The standard InChI is InChI=1S/C17H14FN5O2S/c18-16-7-2-1-4-12(16)10-22-11-14(9-19-22)21-17(26)20-13-5-3-6-15(8-13)23(24)25/h1-9,11H,10H2,(H2,20,21,26). The van der Waals surface area contributed by atoms with Crippen LogP contribution in [0, 0.1) is 15.9 Å². The van der Waals surface area contributed by atoms with E-state index >= 15 is 0 Å². The first-order valence-corrected chi connectivity index (χ1v) is 8.00. The van der Waals surface area contributed by atoms with Crippen LogP contribution in [-0.2, 0) is 6.54 Å². The summed E-state index contributed by atoms with van der Waals surface area (Å²) in [5, 5.41) is 21.0. The molecule has 0 radical (unpaired) electrons. The Morgan fingerprint density at radius 1 is 1.19 bits per heavy atom. The first-order valence-electron chi connectivity index (χ1n) is 7.59. The molecule has 0 saturated heterocycles. The largest absolute Gasteiger partial charge is 0.332 e. The first-order chi connectivity index (χ1) is 12.5. The van der Waals surface area contributed by atoms with Gasteiger partial charge in [0.1, 0.15) is 5.82 Å². The molecule has 2 N–H and O–H groups in total. The number of rotatable bonds is 5. The summed E-state index contributed by atoms with van der Waals surface area (Å²) >= 11 is 5.20. The number of nitro benzene ring substituents is 1. The summed E-state index contributed by atoms with van der Waals surface area (Å²) < 4.78 is 15.3. The molecule has 132 valence electrons. The highest BCUT2D eigenvalue weighted by molar-refractivity contribution is 7.80. The van der Waals surface area contributed by atoms with Crippen LogP contribution < -0.4 is 10.6 Å². The molecule has 3 aromatic rings. The van der Waals surface area contributed by atoms with Crippen LogP contribution in [-0.4, -0.2) is 19.8 Å². The van der Waals surface area contributed by atoms with Crippen LogP contribution in [0.3, 0.4) is 0 Å². The van der Waals surface area contributed by atoms with Gasteiger partial charge in [0.05, 0.1) is 23.4 Å². The van der Waals surface area contributed by atoms with Crippen LogP contribution in [0.15, 0.2) is 60.9 Å². The number of nitrogens with zero attached hydrogens (tertiary/aromatic N) is 3. The number of thiocarbonyl (C=S) groups is 1. The molecule has 7 nitrogen and oxygen atoms in total. The highest BCUT2D eigenvalue weighted by atomic mass is 32.1. The van der Waals surface area contributed by atoms with Crippen LogP contribution in [0.4, 0.5) is 21.5 Å². The maximum Gasteiger partial charge on any atom is 0.271 e. The van der Waals surface area contributed by atoms with Gasteiger partial charge in [-0.05, 0) is 24.4 Å². The highest BCUT2D eigenvalue weighted by Gasteiger charge is 2.08. The maximum atomic E-state index is 13.7. The zero-order chi connectivity index (χ0) is 18.5. The summed E-state index contributed by atoms with van der Waals surface area (Å²) in [5.41, 5.74) is 1.61. The van der Waals surface area contributed by atoms with E-state index in [9.17, 15) is 14.5 Å². The molecular formula is C17H14FN5O2S. The molecule has 2 aromatic carbocycles. The minimum atomic E-state index is -0.478. The Bertz CT molecular complexity index is 960. The lowest BCUT2D eigenvalue weighted by Crippen LogP contribution is -2.18. The van der Waals surface area contributed by atoms with Crippen molar-refractivity contribution in [3.05, 3.63) is 82.4 Å². The summed E-state index contributed by atoms with van der Waals surface area (Å²) in [4.78, 5) is 10.3. The maximum absolute atomic E-state index is 13.7. The Labute approximate surface area is 153 Å². The van der Waals surface area contributed by atoms with Crippen molar-refractivity contribution < 1.29 is 9.31 Å².